The van der Waals surface area contributed by atoms with E-state index in [0.717, 1.165) is 25.7 Å². The first-order valence-corrected chi connectivity index (χ1v) is 10.4. The molecule has 0 aliphatic carbocycles. The Morgan fingerprint density at radius 3 is 2.07 bits per heavy atom. The molecule has 0 bridgehead atoms. The average Bonchev–Trinajstić information content (AvgIpc) is 2.77. The number of carbonyl (C=O) groups is 2. The molecule has 0 aliphatic rings. The molecule has 5 nitrogen and oxygen atoms in total. The highest BCUT2D eigenvalue weighted by Gasteiger charge is 2.22. The number of unbranched alkanes of at least 4 members (excludes halogenated alkanes) is 3. The van der Waals surface area contributed by atoms with Gasteiger partial charge >= 0.3 is 5.97 Å². The van der Waals surface area contributed by atoms with Gasteiger partial charge in [0.2, 0.25) is 0 Å². The van der Waals surface area contributed by atoms with Crippen molar-refractivity contribution in [2.24, 2.45) is 0 Å². The van der Waals surface area contributed by atoms with Crippen LogP contribution in [0.3, 0.4) is 0 Å². The van der Waals surface area contributed by atoms with Gasteiger partial charge in [-0.3, -0.25) is 4.79 Å². The second-order valence-electron chi connectivity index (χ2n) is 6.77. The van der Waals surface area contributed by atoms with Gasteiger partial charge in [0.05, 0.1) is 17.7 Å². The summed E-state index contributed by atoms with van der Waals surface area (Å²) >= 11 is 0. The first-order valence-electron chi connectivity index (χ1n) is 10.4. The maximum Gasteiger partial charge on any atom is 0.338 e. The molecule has 0 unspecified atom stereocenters. The van der Waals surface area contributed by atoms with Crippen molar-refractivity contribution in [1.29, 1.82) is 0 Å². The third kappa shape index (κ3) is 6.43. The minimum atomic E-state index is -0.465. The van der Waals surface area contributed by atoms with E-state index in [0.29, 0.717) is 36.6 Å². The van der Waals surface area contributed by atoms with Crippen molar-refractivity contribution in [3.05, 3.63) is 65.2 Å². The van der Waals surface area contributed by atoms with Gasteiger partial charge in [-0.05, 0) is 38.5 Å². The number of hydrogen-bond donors (Lipinski definition) is 0. The summed E-state index contributed by atoms with van der Waals surface area (Å²) < 4.78 is 5.40. The molecule has 0 N–H and O–H groups in total. The minimum Gasteiger partial charge on any atom is -0.462 e. The largest absolute Gasteiger partial charge is 0.462 e. The topological polar surface area (TPSA) is 55.8 Å². The fraction of sp³-hybridized carbons (Fsp3) is 0.417. The van der Waals surface area contributed by atoms with Crippen molar-refractivity contribution in [1.82, 2.24) is 5.06 Å². The van der Waals surface area contributed by atoms with Gasteiger partial charge in [0.1, 0.15) is 0 Å². The third-order valence-corrected chi connectivity index (χ3v) is 4.69. The fourth-order valence-electron chi connectivity index (χ4n) is 3.00. The third-order valence-electron chi connectivity index (χ3n) is 4.69. The molecule has 0 amide bonds. The summed E-state index contributed by atoms with van der Waals surface area (Å²) in [6.07, 6.45) is 4.10. The molecule has 0 aliphatic heterocycles. The molecule has 0 fully saturated rings. The smallest absolute Gasteiger partial charge is 0.338 e. The Morgan fingerprint density at radius 2 is 1.41 bits per heavy atom. The van der Waals surface area contributed by atoms with E-state index in [-0.39, 0.29) is 11.3 Å². The van der Waals surface area contributed by atoms with Crippen LogP contribution in [0.2, 0.25) is 0 Å². The van der Waals surface area contributed by atoms with Crippen LogP contribution in [-0.4, -0.2) is 36.5 Å². The van der Waals surface area contributed by atoms with Crippen LogP contribution >= 0.6 is 0 Å². The molecule has 0 spiro atoms. The Labute approximate surface area is 173 Å². The van der Waals surface area contributed by atoms with Crippen LogP contribution in [0.25, 0.3) is 0 Å². The van der Waals surface area contributed by atoms with Gasteiger partial charge in [-0.15, -0.1) is 5.06 Å². The summed E-state index contributed by atoms with van der Waals surface area (Å²) in [6, 6.07) is 13.9. The molecule has 0 heterocycles. The van der Waals surface area contributed by atoms with E-state index in [1.807, 2.05) is 19.9 Å². The fourth-order valence-corrected chi connectivity index (χ4v) is 3.00. The first-order chi connectivity index (χ1) is 14.1. The number of hydroxylamine groups is 2. The summed E-state index contributed by atoms with van der Waals surface area (Å²) in [4.78, 5) is 31.7. The lowest BCUT2D eigenvalue weighted by Crippen LogP contribution is -2.27. The molecular weight excluding hydrogens is 366 g/mol. The Kier molecular flexibility index (Phi) is 9.38. The van der Waals surface area contributed by atoms with Gasteiger partial charge in [-0.2, -0.15) is 0 Å². The van der Waals surface area contributed by atoms with Crippen molar-refractivity contribution in [2.75, 3.05) is 19.7 Å². The Balaban J connectivity index is 2.21. The second-order valence-corrected chi connectivity index (χ2v) is 6.77. The number of ketones is 1. The molecule has 0 radical (unpaired) electrons. The Morgan fingerprint density at radius 1 is 0.793 bits per heavy atom. The second kappa shape index (κ2) is 12.0. The van der Waals surface area contributed by atoms with Crippen LogP contribution in [-0.2, 0) is 4.74 Å². The van der Waals surface area contributed by atoms with E-state index < -0.39 is 5.97 Å². The van der Waals surface area contributed by atoms with Crippen LogP contribution in [0.15, 0.2) is 48.5 Å². The molecule has 5 heteroatoms. The average molecular weight is 398 g/mol. The minimum absolute atomic E-state index is 0.258. The Hall–Kier alpha value is -2.66. The molecule has 156 valence electrons. The van der Waals surface area contributed by atoms with E-state index in [1.165, 1.54) is 0 Å². The van der Waals surface area contributed by atoms with E-state index in [1.54, 1.807) is 47.5 Å². The molecule has 29 heavy (non-hydrogen) atoms. The molecule has 2 aromatic carbocycles. The highest BCUT2D eigenvalue weighted by molar-refractivity contribution is 6.15. The molecule has 0 aromatic heterocycles. The van der Waals surface area contributed by atoms with Crippen LogP contribution in [0.4, 0.5) is 0 Å². The summed E-state index contributed by atoms with van der Waals surface area (Å²) in [5, 5.41) is 1.77. The zero-order chi connectivity index (χ0) is 21.1. The van der Waals surface area contributed by atoms with Crippen LogP contribution in [0, 0.1) is 0 Å². The van der Waals surface area contributed by atoms with Crippen LogP contribution in [0.1, 0.15) is 72.7 Å². The molecule has 2 aromatic rings. The maximum atomic E-state index is 13.3. The van der Waals surface area contributed by atoms with Gasteiger partial charge in [-0.1, -0.05) is 56.5 Å². The predicted octanol–water partition coefficient (Wildman–Crippen LogP) is 5.29. The van der Waals surface area contributed by atoms with Crippen molar-refractivity contribution in [2.45, 2.75) is 46.5 Å². The van der Waals surface area contributed by atoms with Gasteiger partial charge in [0.15, 0.2) is 11.5 Å². The van der Waals surface area contributed by atoms with Crippen molar-refractivity contribution >= 4 is 11.8 Å². The number of benzene rings is 2. The maximum absolute atomic E-state index is 13.3. The van der Waals surface area contributed by atoms with E-state index in [2.05, 4.69) is 6.92 Å². The molecule has 0 saturated heterocycles. The van der Waals surface area contributed by atoms with Gasteiger partial charge < -0.3 is 9.57 Å². The lowest BCUT2D eigenvalue weighted by molar-refractivity contribution is -0.0491. The zero-order valence-electron chi connectivity index (χ0n) is 17.6. The van der Waals surface area contributed by atoms with Gasteiger partial charge in [0.25, 0.3) is 0 Å². The monoisotopic (exact) mass is 397 g/mol. The summed E-state index contributed by atoms with van der Waals surface area (Å²) in [5.74, 6) is -0.247. The highest BCUT2D eigenvalue weighted by Crippen LogP contribution is 2.24. The van der Waals surface area contributed by atoms with Crippen molar-refractivity contribution in [3.8, 4) is 5.75 Å². The number of hydrogen-bond acceptors (Lipinski definition) is 5. The number of para-hydroxylation sites is 1. The summed E-state index contributed by atoms with van der Waals surface area (Å²) in [5.41, 5.74) is 1.02. The first kappa shape index (κ1) is 22.6. The number of rotatable bonds is 12. The number of carbonyl (C=O) groups excluding carboxylic acids is 2. The van der Waals surface area contributed by atoms with E-state index in [4.69, 9.17) is 9.57 Å². The summed E-state index contributed by atoms with van der Waals surface area (Å²) in [6.45, 7) is 7.86. The van der Waals surface area contributed by atoms with Gasteiger partial charge in [0, 0.05) is 18.7 Å². The molecular formula is C24H31NO4. The molecule has 0 saturated carbocycles. The van der Waals surface area contributed by atoms with Crippen molar-refractivity contribution in [3.63, 3.8) is 0 Å². The quantitative estimate of drug-likeness (QED) is 0.211. The van der Waals surface area contributed by atoms with Crippen molar-refractivity contribution < 1.29 is 19.2 Å². The lowest BCUT2D eigenvalue weighted by Gasteiger charge is -2.20. The molecule has 2 rings (SSSR count). The lowest BCUT2D eigenvalue weighted by atomic mass is 9.98. The highest BCUT2D eigenvalue weighted by atomic mass is 16.7. The normalized spacial score (nSPS) is 10.8. The van der Waals surface area contributed by atoms with Crippen LogP contribution in [0.5, 0.6) is 5.75 Å². The summed E-state index contributed by atoms with van der Waals surface area (Å²) in [7, 11) is 0. The van der Waals surface area contributed by atoms with E-state index >= 15 is 0 Å². The number of nitrogens with zero attached hydrogens (tertiary/aromatic N) is 1. The predicted molar refractivity (Wildman–Crippen MR) is 114 cm³/mol. The standard InChI is InChI=1S/C24H31NO4/c1-4-7-8-13-18-28-24(27)20-15-10-9-14-19(20)23(26)21-16-11-12-17-22(21)29-25(5-2)6-3/h9-12,14-17H,4-8,13,18H2,1-3H3. The van der Waals surface area contributed by atoms with Gasteiger partial charge in [-0.25, -0.2) is 4.79 Å². The van der Waals surface area contributed by atoms with Crippen LogP contribution < -0.4 is 4.84 Å². The SMILES string of the molecule is CCCCCCOC(=O)c1ccccc1C(=O)c1ccccc1ON(CC)CC. The zero-order valence-corrected chi connectivity index (χ0v) is 17.6. The Bertz CT molecular complexity index is 799. The number of esters is 1. The van der Waals surface area contributed by atoms with E-state index in [9.17, 15) is 9.59 Å². The molecule has 0 atom stereocenters. The number of ether oxygens (including phenoxy) is 1.